The van der Waals surface area contributed by atoms with Gasteiger partial charge in [-0.2, -0.15) is 0 Å². The van der Waals surface area contributed by atoms with Crippen LogP contribution < -0.4 is 5.32 Å². The molecule has 1 spiro atoms. The Kier molecular flexibility index (Phi) is 3.12. The molecule has 1 atom stereocenters. The van der Waals surface area contributed by atoms with Gasteiger partial charge in [0.15, 0.2) is 0 Å². The topological polar surface area (TPSA) is 15.3 Å². The third kappa shape index (κ3) is 2.29. The number of hydrogen-bond acceptors (Lipinski definition) is 2. The van der Waals surface area contributed by atoms with Crippen molar-refractivity contribution in [1.29, 1.82) is 0 Å². The molecule has 2 saturated heterocycles. The Morgan fingerprint density at radius 2 is 2.28 bits per heavy atom. The highest BCUT2D eigenvalue weighted by atomic mass is 19.1. The van der Waals surface area contributed by atoms with Crippen LogP contribution in [0.25, 0.3) is 0 Å². The normalized spacial score (nSPS) is 28.3. The van der Waals surface area contributed by atoms with E-state index in [1.807, 2.05) is 6.07 Å². The van der Waals surface area contributed by atoms with Gasteiger partial charge in [0.25, 0.3) is 0 Å². The molecule has 1 aromatic rings. The molecular formula is C15H21FN2. The summed E-state index contributed by atoms with van der Waals surface area (Å²) in [7, 11) is 0. The summed E-state index contributed by atoms with van der Waals surface area (Å²) in [6, 6.07) is 5.12. The average molecular weight is 248 g/mol. The number of nitrogens with one attached hydrogen (secondary N) is 1. The van der Waals surface area contributed by atoms with E-state index in [1.54, 1.807) is 12.1 Å². The summed E-state index contributed by atoms with van der Waals surface area (Å²) in [4.78, 5) is 2.48. The molecule has 3 heteroatoms. The molecule has 2 aliphatic heterocycles. The predicted molar refractivity (Wildman–Crippen MR) is 71.0 cm³/mol. The molecule has 0 aromatic heterocycles. The fourth-order valence-corrected chi connectivity index (χ4v) is 3.36. The Morgan fingerprint density at radius 3 is 3.06 bits per heavy atom. The Balaban J connectivity index is 1.69. The Morgan fingerprint density at radius 1 is 1.39 bits per heavy atom. The Labute approximate surface area is 108 Å². The molecule has 1 unspecified atom stereocenters. The molecule has 0 radical (unpaired) electrons. The molecular weight excluding hydrogens is 227 g/mol. The molecule has 2 heterocycles. The molecule has 2 aliphatic rings. The molecule has 2 nitrogen and oxygen atoms in total. The summed E-state index contributed by atoms with van der Waals surface area (Å²) in [5.41, 5.74) is 2.83. The number of likely N-dealkylation sites (tertiary alicyclic amines) is 1. The molecule has 1 aromatic carbocycles. The van der Waals surface area contributed by atoms with Gasteiger partial charge < -0.3 is 5.32 Å². The Bertz CT molecular complexity index is 438. The number of benzene rings is 1. The van der Waals surface area contributed by atoms with E-state index in [-0.39, 0.29) is 5.82 Å². The lowest BCUT2D eigenvalue weighted by atomic mass is 9.86. The van der Waals surface area contributed by atoms with E-state index < -0.39 is 0 Å². The van der Waals surface area contributed by atoms with Crippen LogP contribution in [0.15, 0.2) is 18.2 Å². The van der Waals surface area contributed by atoms with E-state index in [0.717, 1.165) is 38.3 Å². The molecule has 0 bridgehead atoms. The molecule has 98 valence electrons. The van der Waals surface area contributed by atoms with Gasteiger partial charge in [-0.05, 0) is 61.5 Å². The smallest absolute Gasteiger partial charge is 0.123 e. The minimum Gasteiger partial charge on any atom is -0.316 e. The lowest BCUT2D eigenvalue weighted by molar-refractivity contribution is 0.268. The van der Waals surface area contributed by atoms with Crippen molar-refractivity contribution in [2.75, 3.05) is 26.2 Å². The molecule has 1 N–H and O–H groups in total. The van der Waals surface area contributed by atoms with Crippen LogP contribution in [-0.2, 0) is 6.54 Å². The molecule has 0 saturated carbocycles. The maximum absolute atomic E-state index is 13.3. The molecule has 18 heavy (non-hydrogen) atoms. The highest BCUT2D eigenvalue weighted by Gasteiger charge is 2.40. The summed E-state index contributed by atoms with van der Waals surface area (Å²) >= 11 is 0. The number of aryl methyl sites for hydroxylation is 1. The van der Waals surface area contributed by atoms with Crippen LogP contribution >= 0.6 is 0 Å². The number of nitrogens with zero attached hydrogens (tertiary/aromatic N) is 1. The second kappa shape index (κ2) is 4.63. The van der Waals surface area contributed by atoms with Crippen molar-refractivity contribution in [3.05, 3.63) is 35.1 Å². The molecule has 3 rings (SSSR count). The van der Waals surface area contributed by atoms with Gasteiger partial charge in [-0.1, -0.05) is 6.07 Å². The van der Waals surface area contributed by atoms with E-state index >= 15 is 0 Å². The van der Waals surface area contributed by atoms with E-state index in [4.69, 9.17) is 0 Å². The van der Waals surface area contributed by atoms with E-state index in [0.29, 0.717) is 5.41 Å². The third-order valence-electron chi connectivity index (χ3n) is 4.55. The van der Waals surface area contributed by atoms with Gasteiger partial charge in [0.05, 0.1) is 0 Å². The zero-order valence-corrected chi connectivity index (χ0v) is 11.0. The summed E-state index contributed by atoms with van der Waals surface area (Å²) in [5.74, 6) is -0.118. The van der Waals surface area contributed by atoms with Crippen LogP contribution in [0.5, 0.6) is 0 Å². The molecule has 0 aliphatic carbocycles. The van der Waals surface area contributed by atoms with Crippen LogP contribution in [0.3, 0.4) is 0 Å². The maximum atomic E-state index is 13.3. The van der Waals surface area contributed by atoms with Crippen LogP contribution in [0, 0.1) is 18.2 Å². The van der Waals surface area contributed by atoms with Gasteiger partial charge in [-0.3, -0.25) is 4.90 Å². The van der Waals surface area contributed by atoms with Crippen LogP contribution in [0.2, 0.25) is 0 Å². The van der Waals surface area contributed by atoms with Gasteiger partial charge in [0.1, 0.15) is 5.82 Å². The first-order valence-electron chi connectivity index (χ1n) is 6.85. The zero-order valence-electron chi connectivity index (χ0n) is 11.0. The first-order chi connectivity index (χ1) is 8.67. The highest BCUT2D eigenvalue weighted by molar-refractivity contribution is 5.26. The minimum absolute atomic E-state index is 0.118. The van der Waals surface area contributed by atoms with E-state index in [2.05, 4.69) is 17.1 Å². The monoisotopic (exact) mass is 248 g/mol. The standard InChI is InChI=1S/C15H21FN2/c1-12-2-3-14(16)8-13(12)9-18-7-5-15(11-18)4-6-17-10-15/h2-3,8,17H,4-7,9-11H2,1H3. The molecule has 2 fully saturated rings. The number of halogens is 1. The quantitative estimate of drug-likeness (QED) is 0.864. The molecule has 0 amide bonds. The third-order valence-corrected chi connectivity index (χ3v) is 4.55. The first-order valence-corrected chi connectivity index (χ1v) is 6.85. The van der Waals surface area contributed by atoms with Gasteiger partial charge in [-0.25, -0.2) is 4.39 Å². The summed E-state index contributed by atoms with van der Waals surface area (Å²) in [5, 5.41) is 3.47. The SMILES string of the molecule is Cc1ccc(F)cc1CN1CCC2(CCNC2)C1. The van der Waals surface area contributed by atoms with Crippen molar-refractivity contribution in [2.24, 2.45) is 5.41 Å². The fourth-order valence-electron chi connectivity index (χ4n) is 3.36. The van der Waals surface area contributed by atoms with Gasteiger partial charge in [-0.15, -0.1) is 0 Å². The minimum atomic E-state index is -0.118. The van der Waals surface area contributed by atoms with Gasteiger partial charge in [0, 0.05) is 19.6 Å². The lowest BCUT2D eigenvalue weighted by Gasteiger charge is -2.23. The van der Waals surface area contributed by atoms with Crippen molar-refractivity contribution >= 4 is 0 Å². The highest BCUT2D eigenvalue weighted by Crippen LogP contribution is 2.36. The second-order valence-electron chi connectivity index (χ2n) is 5.96. The maximum Gasteiger partial charge on any atom is 0.123 e. The van der Waals surface area contributed by atoms with Gasteiger partial charge in [0.2, 0.25) is 0 Å². The van der Waals surface area contributed by atoms with E-state index in [9.17, 15) is 4.39 Å². The zero-order chi connectivity index (χ0) is 12.6. The predicted octanol–water partition coefficient (Wildman–Crippen LogP) is 2.32. The largest absolute Gasteiger partial charge is 0.316 e. The van der Waals surface area contributed by atoms with E-state index in [1.165, 1.54) is 18.4 Å². The lowest BCUT2D eigenvalue weighted by Crippen LogP contribution is -2.29. The summed E-state index contributed by atoms with van der Waals surface area (Å²) in [6.07, 6.45) is 2.58. The van der Waals surface area contributed by atoms with Crippen molar-refractivity contribution in [3.63, 3.8) is 0 Å². The van der Waals surface area contributed by atoms with Crippen LogP contribution in [-0.4, -0.2) is 31.1 Å². The average Bonchev–Trinajstić information content (AvgIpc) is 2.95. The first kappa shape index (κ1) is 12.1. The number of hydrogen-bond donors (Lipinski definition) is 1. The van der Waals surface area contributed by atoms with Crippen LogP contribution in [0.4, 0.5) is 4.39 Å². The van der Waals surface area contributed by atoms with Crippen molar-refractivity contribution in [3.8, 4) is 0 Å². The van der Waals surface area contributed by atoms with Crippen molar-refractivity contribution in [2.45, 2.75) is 26.3 Å². The summed E-state index contributed by atoms with van der Waals surface area (Å²) < 4.78 is 13.3. The van der Waals surface area contributed by atoms with Gasteiger partial charge >= 0.3 is 0 Å². The fraction of sp³-hybridized carbons (Fsp3) is 0.600. The Hall–Kier alpha value is -0.930. The number of rotatable bonds is 2. The van der Waals surface area contributed by atoms with Crippen LogP contribution in [0.1, 0.15) is 24.0 Å². The van der Waals surface area contributed by atoms with Crippen molar-refractivity contribution in [1.82, 2.24) is 10.2 Å². The summed E-state index contributed by atoms with van der Waals surface area (Å²) in [6.45, 7) is 7.59. The second-order valence-corrected chi connectivity index (χ2v) is 5.96. The van der Waals surface area contributed by atoms with Crippen molar-refractivity contribution < 1.29 is 4.39 Å².